The Bertz CT molecular complexity index is 1250. The van der Waals surface area contributed by atoms with Crippen LogP contribution in [0.3, 0.4) is 0 Å². The Labute approximate surface area is 199 Å². The van der Waals surface area contributed by atoms with Crippen LogP contribution in [-0.4, -0.2) is 33.5 Å². The number of aromatic nitrogens is 2. The van der Waals surface area contributed by atoms with Gasteiger partial charge in [-0.2, -0.15) is 0 Å². The number of pyridine rings is 1. The fourth-order valence-electron chi connectivity index (χ4n) is 3.45. The van der Waals surface area contributed by atoms with Gasteiger partial charge in [0.1, 0.15) is 18.8 Å². The van der Waals surface area contributed by atoms with Crippen molar-refractivity contribution in [3.8, 4) is 18.1 Å². The first kappa shape index (κ1) is 24.6. The van der Waals surface area contributed by atoms with Crippen LogP contribution in [0.1, 0.15) is 43.3 Å². The molecule has 2 amide bonds. The molecule has 2 N–H and O–H groups in total. The Morgan fingerprint density at radius 2 is 1.94 bits per heavy atom. The molecule has 0 saturated heterocycles. The molecule has 0 bridgehead atoms. The highest BCUT2D eigenvalue weighted by atomic mass is 16.6. The normalized spacial score (nSPS) is 11.1. The maximum Gasteiger partial charge on any atom is 0.408 e. The largest absolute Gasteiger partial charge is 0.485 e. The van der Waals surface area contributed by atoms with Gasteiger partial charge in [0, 0.05) is 17.4 Å². The zero-order chi connectivity index (χ0) is 24.9. The van der Waals surface area contributed by atoms with E-state index in [1.165, 1.54) is 0 Å². The topological polar surface area (TPSA) is 94.0 Å². The van der Waals surface area contributed by atoms with Gasteiger partial charge in [0.2, 0.25) is 5.91 Å². The van der Waals surface area contributed by atoms with E-state index < -0.39 is 11.7 Å². The summed E-state index contributed by atoms with van der Waals surface area (Å²) in [6, 6.07) is 9.32. The van der Waals surface area contributed by atoms with Gasteiger partial charge < -0.3 is 20.1 Å². The van der Waals surface area contributed by atoms with Crippen molar-refractivity contribution in [2.75, 3.05) is 11.9 Å². The van der Waals surface area contributed by atoms with E-state index >= 15 is 0 Å². The first-order chi connectivity index (χ1) is 16.1. The lowest BCUT2D eigenvalue weighted by Crippen LogP contribution is -2.37. The summed E-state index contributed by atoms with van der Waals surface area (Å²) in [5, 5.41) is 5.30. The summed E-state index contributed by atoms with van der Waals surface area (Å²) in [5.41, 5.74) is 4.24. The van der Waals surface area contributed by atoms with Crippen molar-refractivity contribution in [3.05, 3.63) is 59.0 Å². The third kappa shape index (κ3) is 6.07. The zero-order valence-electron chi connectivity index (χ0n) is 20.2. The maximum atomic E-state index is 12.4. The first-order valence-electron chi connectivity index (χ1n) is 11.0. The first-order valence-corrected chi connectivity index (χ1v) is 11.0. The van der Waals surface area contributed by atoms with Crippen LogP contribution in [0.2, 0.25) is 0 Å². The van der Waals surface area contributed by atoms with Crippen LogP contribution in [0.4, 0.5) is 10.5 Å². The van der Waals surface area contributed by atoms with E-state index in [4.69, 9.17) is 15.9 Å². The standard InChI is InChI=1S/C26H30N4O4/c1-7-10-21-18(3)28-24-22(13-9-14-30(21)24)33-16-19-17(2)11-8-12-20(19)29-23(31)15-27-25(32)34-26(4,5)6/h1,8-9,11-14H,10,15-16H2,2-6H3,(H,27,32)(H,29,31). The molecule has 178 valence electrons. The molecular formula is C26H30N4O4. The van der Waals surface area contributed by atoms with Crippen LogP contribution in [0.5, 0.6) is 5.75 Å². The van der Waals surface area contributed by atoms with E-state index in [-0.39, 0.29) is 19.1 Å². The SMILES string of the molecule is C#CCc1c(C)nc2c(OCc3c(C)cccc3NC(=O)CNC(=O)OC(C)(C)C)cccn12. The molecule has 0 aliphatic carbocycles. The number of fused-ring (bicyclic) bond motifs is 1. The van der Waals surface area contributed by atoms with E-state index in [0.717, 1.165) is 22.5 Å². The van der Waals surface area contributed by atoms with Gasteiger partial charge in [-0.25, -0.2) is 9.78 Å². The molecule has 0 aliphatic rings. The highest BCUT2D eigenvalue weighted by molar-refractivity contribution is 5.94. The van der Waals surface area contributed by atoms with Crippen molar-refractivity contribution < 1.29 is 19.1 Å². The molecule has 34 heavy (non-hydrogen) atoms. The second-order valence-electron chi connectivity index (χ2n) is 8.88. The molecule has 0 aliphatic heterocycles. The molecule has 2 aromatic heterocycles. The van der Waals surface area contributed by atoms with E-state index in [1.54, 1.807) is 26.8 Å². The summed E-state index contributed by atoms with van der Waals surface area (Å²) in [6.07, 6.45) is 7.24. The molecule has 3 aromatic rings. The lowest BCUT2D eigenvalue weighted by Gasteiger charge is -2.19. The van der Waals surface area contributed by atoms with Crippen molar-refractivity contribution in [2.24, 2.45) is 0 Å². The van der Waals surface area contributed by atoms with E-state index in [9.17, 15) is 9.59 Å². The minimum atomic E-state index is -0.650. The van der Waals surface area contributed by atoms with Gasteiger partial charge in [-0.05, 0) is 58.4 Å². The van der Waals surface area contributed by atoms with Crippen LogP contribution in [0.15, 0.2) is 36.5 Å². The number of rotatable bonds is 7. The maximum absolute atomic E-state index is 12.4. The molecule has 0 radical (unpaired) electrons. The van der Waals surface area contributed by atoms with Gasteiger partial charge >= 0.3 is 6.09 Å². The van der Waals surface area contributed by atoms with Gasteiger partial charge in [-0.15, -0.1) is 12.3 Å². The number of benzene rings is 1. The summed E-state index contributed by atoms with van der Waals surface area (Å²) in [4.78, 5) is 28.9. The van der Waals surface area contributed by atoms with Crippen LogP contribution in [0, 0.1) is 26.2 Å². The average Bonchev–Trinajstić information content (AvgIpc) is 3.07. The molecule has 0 unspecified atom stereocenters. The minimum absolute atomic E-state index is 0.215. The summed E-state index contributed by atoms with van der Waals surface area (Å²) >= 11 is 0. The van der Waals surface area contributed by atoms with Crippen molar-refractivity contribution in [3.63, 3.8) is 0 Å². The molecule has 1 aromatic carbocycles. The van der Waals surface area contributed by atoms with Gasteiger partial charge in [-0.1, -0.05) is 12.1 Å². The lowest BCUT2D eigenvalue weighted by molar-refractivity contribution is -0.115. The number of ether oxygens (including phenoxy) is 2. The number of hydrogen-bond acceptors (Lipinski definition) is 5. The quantitative estimate of drug-likeness (QED) is 0.514. The number of anilines is 1. The van der Waals surface area contributed by atoms with Gasteiger partial charge in [0.15, 0.2) is 11.4 Å². The monoisotopic (exact) mass is 462 g/mol. The van der Waals surface area contributed by atoms with Gasteiger partial charge in [0.25, 0.3) is 0 Å². The lowest BCUT2D eigenvalue weighted by atomic mass is 10.1. The Kier molecular flexibility index (Phi) is 7.47. The molecular weight excluding hydrogens is 432 g/mol. The summed E-state index contributed by atoms with van der Waals surface area (Å²) in [7, 11) is 0. The summed E-state index contributed by atoms with van der Waals surface area (Å²) < 4.78 is 13.2. The number of carbonyl (C=O) groups is 2. The second-order valence-corrected chi connectivity index (χ2v) is 8.88. The van der Waals surface area contributed by atoms with Crippen molar-refractivity contribution in [1.82, 2.24) is 14.7 Å². The number of amides is 2. The smallest absolute Gasteiger partial charge is 0.408 e. The van der Waals surface area contributed by atoms with Crippen LogP contribution < -0.4 is 15.4 Å². The third-order valence-electron chi connectivity index (χ3n) is 5.03. The number of nitrogens with one attached hydrogen (secondary N) is 2. The number of terminal acetylenes is 1. The molecule has 8 nitrogen and oxygen atoms in total. The predicted molar refractivity (Wildman–Crippen MR) is 131 cm³/mol. The number of hydrogen-bond donors (Lipinski definition) is 2. The van der Waals surface area contributed by atoms with E-state index in [1.807, 2.05) is 48.7 Å². The van der Waals surface area contributed by atoms with Crippen LogP contribution >= 0.6 is 0 Å². The number of carbonyl (C=O) groups excluding carboxylic acids is 2. The predicted octanol–water partition coefficient (Wildman–Crippen LogP) is 4.17. The number of imidazole rings is 1. The van der Waals surface area contributed by atoms with Gasteiger partial charge in [0.05, 0.1) is 17.8 Å². The molecule has 0 spiro atoms. The minimum Gasteiger partial charge on any atom is -0.485 e. The molecule has 0 fully saturated rings. The van der Waals surface area contributed by atoms with E-state index in [0.29, 0.717) is 23.5 Å². The molecule has 0 atom stereocenters. The van der Waals surface area contributed by atoms with Crippen molar-refractivity contribution >= 4 is 23.3 Å². The van der Waals surface area contributed by atoms with Crippen molar-refractivity contribution in [1.29, 1.82) is 0 Å². The van der Waals surface area contributed by atoms with E-state index in [2.05, 4.69) is 21.5 Å². The zero-order valence-corrected chi connectivity index (χ0v) is 20.2. The Balaban J connectivity index is 1.72. The second kappa shape index (κ2) is 10.3. The third-order valence-corrected chi connectivity index (χ3v) is 5.03. The highest BCUT2D eigenvalue weighted by Gasteiger charge is 2.18. The average molecular weight is 463 g/mol. The van der Waals surface area contributed by atoms with Crippen LogP contribution in [-0.2, 0) is 22.6 Å². The molecule has 3 rings (SSSR count). The Morgan fingerprint density at radius 1 is 1.18 bits per heavy atom. The number of aryl methyl sites for hydroxylation is 2. The fraction of sp³-hybridized carbons (Fsp3) is 0.346. The summed E-state index contributed by atoms with van der Waals surface area (Å²) in [6.45, 7) is 9.14. The van der Waals surface area contributed by atoms with Crippen molar-refractivity contribution in [2.45, 2.75) is 53.2 Å². The Hall–Kier alpha value is -3.99. The fourth-order valence-corrected chi connectivity index (χ4v) is 3.45. The Morgan fingerprint density at radius 3 is 2.65 bits per heavy atom. The van der Waals surface area contributed by atoms with Crippen LogP contribution in [0.25, 0.3) is 5.65 Å². The molecule has 0 saturated carbocycles. The number of alkyl carbamates (subject to hydrolysis) is 1. The highest BCUT2D eigenvalue weighted by Crippen LogP contribution is 2.26. The molecule has 2 heterocycles. The van der Waals surface area contributed by atoms with Gasteiger partial charge in [-0.3, -0.25) is 9.20 Å². The summed E-state index contributed by atoms with van der Waals surface area (Å²) in [5.74, 6) is 2.91. The number of nitrogens with zero attached hydrogens (tertiary/aromatic N) is 2. The molecule has 8 heteroatoms.